The maximum atomic E-state index is 11.6. The van der Waals surface area contributed by atoms with Gasteiger partial charge in [0.1, 0.15) is 0 Å². The molecule has 0 radical (unpaired) electrons. The van der Waals surface area contributed by atoms with Gasteiger partial charge < -0.3 is 10.2 Å². The maximum Gasteiger partial charge on any atom is 0.269 e. The van der Waals surface area contributed by atoms with Crippen LogP contribution in [0.25, 0.3) is 0 Å². The maximum absolute atomic E-state index is 11.6. The summed E-state index contributed by atoms with van der Waals surface area (Å²) in [6.45, 7) is 4.86. The first-order valence-corrected chi connectivity index (χ1v) is 5.27. The van der Waals surface area contributed by atoms with E-state index in [0.717, 1.165) is 30.9 Å². The molecule has 2 rings (SSSR count). The van der Waals surface area contributed by atoms with Crippen LogP contribution in [0.15, 0.2) is 4.79 Å². The van der Waals surface area contributed by atoms with Crippen LogP contribution in [0.5, 0.6) is 0 Å². The van der Waals surface area contributed by atoms with Crippen LogP contribution in [-0.4, -0.2) is 41.4 Å². The van der Waals surface area contributed by atoms with Gasteiger partial charge in [0.05, 0.1) is 11.7 Å². The minimum atomic E-state index is 0.0695. The normalized spacial score (nSPS) is 23.3. The Morgan fingerprint density at radius 2 is 2.13 bits per heavy atom. The molecule has 0 bridgehead atoms. The number of aromatic amines is 1. The Hall–Kier alpha value is -1.07. The molecule has 1 atom stereocenters. The number of hydrogen-bond acceptors (Lipinski definition) is 3. The van der Waals surface area contributed by atoms with Gasteiger partial charge in [0.2, 0.25) is 0 Å². The third-order valence-corrected chi connectivity index (χ3v) is 3.04. The summed E-state index contributed by atoms with van der Waals surface area (Å²) in [6.07, 6.45) is 0. The predicted octanol–water partition coefficient (Wildman–Crippen LogP) is -0.402. The second-order valence-electron chi connectivity index (χ2n) is 4.28. The molecule has 2 N–H and O–H groups in total. The molecule has 1 aromatic rings. The number of piperazine rings is 1. The van der Waals surface area contributed by atoms with E-state index in [1.807, 2.05) is 6.92 Å². The Morgan fingerprint density at radius 3 is 2.67 bits per heavy atom. The zero-order valence-corrected chi connectivity index (χ0v) is 9.50. The van der Waals surface area contributed by atoms with Gasteiger partial charge in [-0.25, -0.2) is 0 Å². The van der Waals surface area contributed by atoms with E-state index in [1.165, 1.54) is 0 Å². The third kappa shape index (κ3) is 1.85. The molecule has 1 unspecified atom stereocenters. The molecule has 0 aromatic carbocycles. The lowest BCUT2D eigenvalue weighted by Crippen LogP contribution is -2.44. The number of aromatic nitrogens is 2. The average molecular weight is 210 g/mol. The van der Waals surface area contributed by atoms with Crippen molar-refractivity contribution in [1.29, 1.82) is 0 Å². The molecule has 84 valence electrons. The van der Waals surface area contributed by atoms with Crippen LogP contribution in [-0.2, 0) is 7.05 Å². The Balaban J connectivity index is 2.29. The van der Waals surface area contributed by atoms with Crippen molar-refractivity contribution in [1.82, 2.24) is 20.0 Å². The largest absolute Gasteiger partial charge is 0.306 e. The van der Waals surface area contributed by atoms with Gasteiger partial charge in [0.15, 0.2) is 0 Å². The number of hydrogen-bond donors (Lipinski definition) is 2. The smallest absolute Gasteiger partial charge is 0.269 e. The van der Waals surface area contributed by atoms with Gasteiger partial charge in [0.25, 0.3) is 5.56 Å². The fourth-order valence-corrected chi connectivity index (χ4v) is 2.11. The van der Waals surface area contributed by atoms with Gasteiger partial charge in [-0.2, -0.15) is 0 Å². The van der Waals surface area contributed by atoms with Gasteiger partial charge in [-0.1, -0.05) is 0 Å². The Bertz CT molecular complexity index is 406. The summed E-state index contributed by atoms with van der Waals surface area (Å²) in [5.41, 5.74) is 1.92. The second-order valence-corrected chi connectivity index (χ2v) is 4.28. The highest BCUT2D eigenvalue weighted by atomic mass is 16.1. The summed E-state index contributed by atoms with van der Waals surface area (Å²) in [5.74, 6) is 0. The lowest BCUT2D eigenvalue weighted by molar-refractivity contribution is 0.237. The number of H-pyrrole nitrogens is 1. The highest BCUT2D eigenvalue weighted by molar-refractivity contribution is 5.19. The van der Waals surface area contributed by atoms with Crippen LogP contribution in [0, 0.1) is 6.92 Å². The summed E-state index contributed by atoms with van der Waals surface area (Å²) in [7, 11) is 3.86. The Kier molecular flexibility index (Phi) is 2.67. The van der Waals surface area contributed by atoms with Crippen molar-refractivity contribution < 1.29 is 0 Å². The molecule has 1 fully saturated rings. The average Bonchev–Trinajstić information content (AvgIpc) is 2.46. The molecule has 15 heavy (non-hydrogen) atoms. The lowest BCUT2D eigenvalue weighted by Gasteiger charge is -2.30. The van der Waals surface area contributed by atoms with Crippen LogP contribution < -0.4 is 10.9 Å². The fourth-order valence-electron chi connectivity index (χ4n) is 2.11. The van der Waals surface area contributed by atoms with E-state index >= 15 is 0 Å². The zero-order chi connectivity index (χ0) is 11.0. The van der Waals surface area contributed by atoms with Gasteiger partial charge in [-0.15, -0.1) is 0 Å². The number of nitrogens with zero attached hydrogens (tertiary/aromatic N) is 2. The van der Waals surface area contributed by atoms with Crippen molar-refractivity contribution >= 4 is 0 Å². The summed E-state index contributed by atoms with van der Waals surface area (Å²) in [5, 5.41) is 6.54. The standard InChI is InChI=1S/C10H18N4O/c1-7-9(12-14(3)10(7)15)8-6-13(2)5-4-11-8/h8,11-12H,4-6H2,1-3H3. The molecular formula is C10H18N4O. The van der Waals surface area contributed by atoms with Crippen molar-refractivity contribution in [3.05, 3.63) is 21.6 Å². The molecule has 5 nitrogen and oxygen atoms in total. The number of aryl methyl sites for hydroxylation is 1. The van der Waals surface area contributed by atoms with Crippen molar-refractivity contribution in [3.8, 4) is 0 Å². The van der Waals surface area contributed by atoms with E-state index in [2.05, 4.69) is 22.4 Å². The SMILES string of the molecule is Cc1c(C2CN(C)CCN2)[nH]n(C)c1=O. The zero-order valence-electron chi connectivity index (χ0n) is 9.50. The topological polar surface area (TPSA) is 53.1 Å². The highest BCUT2D eigenvalue weighted by Crippen LogP contribution is 2.15. The predicted molar refractivity (Wildman–Crippen MR) is 59.0 cm³/mol. The molecule has 1 aliphatic heterocycles. The van der Waals surface area contributed by atoms with Gasteiger partial charge in [-0.05, 0) is 14.0 Å². The molecule has 0 amide bonds. The number of nitrogens with one attached hydrogen (secondary N) is 2. The molecule has 1 aromatic heterocycles. The molecule has 5 heteroatoms. The van der Waals surface area contributed by atoms with Gasteiger partial charge >= 0.3 is 0 Å². The second kappa shape index (κ2) is 3.83. The first-order valence-electron chi connectivity index (χ1n) is 5.27. The molecule has 0 saturated carbocycles. The van der Waals surface area contributed by atoms with Crippen LogP contribution in [0.1, 0.15) is 17.3 Å². The van der Waals surface area contributed by atoms with E-state index in [9.17, 15) is 4.79 Å². The van der Waals surface area contributed by atoms with Crippen molar-refractivity contribution in [2.24, 2.45) is 7.05 Å². The van der Waals surface area contributed by atoms with Gasteiger partial charge in [-0.3, -0.25) is 14.6 Å². The third-order valence-electron chi connectivity index (χ3n) is 3.04. The minimum Gasteiger partial charge on any atom is -0.306 e. The van der Waals surface area contributed by atoms with Crippen LogP contribution in [0.4, 0.5) is 0 Å². The molecule has 1 saturated heterocycles. The quantitative estimate of drug-likeness (QED) is 0.663. The summed E-state index contributed by atoms with van der Waals surface area (Å²) in [6, 6.07) is 0.248. The molecule has 0 spiro atoms. The number of rotatable bonds is 1. The van der Waals surface area contributed by atoms with Crippen LogP contribution in [0.3, 0.4) is 0 Å². The minimum absolute atomic E-state index is 0.0695. The van der Waals surface area contributed by atoms with E-state index in [4.69, 9.17) is 0 Å². The summed E-state index contributed by atoms with van der Waals surface area (Å²) < 4.78 is 1.54. The molecular weight excluding hydrogens is 192 g/mol. The first kappa shape index (κ1) is 10.4. The van der Waals surface area contributed by atoms with E-state index in [-0.39, 0.29) is 11.6 Å². The Morgan fingerprint density at radius 1 is 1.40 bits per heavy atom. The highest BCUT2D eigenvalue weighted by Gasteiger charge is 2.22. The van der Waals surface area contributed by atoms with Crippen molar-refractivity contribution in [2.75, 3.05) is 26.7 Å². The van der Waals surface area contributed by atoms with Crippen molar-refractivity contribution in [2.45, 2.75) is 13.0 Å². The lowest BCUT2D eigenvalue weighted by atomic mass is 10.1. The van der Waals surface area contributed by atoms with Crippen molar-refractivity contribution in [3.63, 3.8) is 0 Å². The molecule has 0 aliphatic carbocycles. The monoisotopic (exact) mass is 210 g/mol. The van der Waals surface area contributed by atoms with E-state index in [1.54, 1.807) is 11.7 Å². The summed E-state index contributed by atoms with van der Waals surface area (Å²) in [4.78, 5) is 13.9. The summed E-state index contributed by atoms with van der Waals surface area (Å²) >= 11 is 0. The fraction of sp³-hybridized carbons (Fsp3) is 0.700. The molecule has 2 heterocycles. The van der Waals surface area contributed by atoms with Gasteiger partial charge in [0, 0.05) is 32.2 Å². The van der Waals surface area contributed by atoms with E-state index in [0.29, 0.717) is 0 Å². The first-order chi connectivity index (χ1) is 7.09. The Labute approximate surface area is 89.1 Å². The van der Waals surface area contributed by atoms with Crippen LogP contribution in [0.2, 0.25) is 0 Å². The van der Waals surface area contributed by atoms with Crippen LogP contribution >= 0.6 is 0 Å². The van der Waals surface area contributed by atoms with E-state index < -0.39 is 0 Å². The molecule has 1 aliphatic rings. The number of likely N-dealkylation sites (N-methyl/N-ethyl adjacent to an activating group) is 1.